The summed E-state index contributed by atoms with van der Waals surface area (Å²) in [7, 11) is 1.65. The Morgan fingerprint density at radius 3 is 2.42 bits per heavy atom. The Bertz CT molecular complexity index is 769. The van der Waals surface area contributed by atoms with Crippen LogP contribution in [0.25, 0.3) is 0 Å². The van der Waals surface area contributed by atoms with Crippen molar-refractivity contribution in [3.05, 3.63) is 65.2 Å². The zero-order chi connectivity index (χ0) is 18.5. The molecule has 1 atom stereocenters. The third-order valence-corrected chi connectivity index (χ3v) is 4.76. The fraction of sp³-hybridized carbons (Fsp3) is 0.333. The van der Waals surface area contributed by atoms with Crippen LogP contribution < -0.4 is 10.1 Å². The van der Waals surface area contributed by atoms with Crippen LogP contribution in [0.5, 0.6) is 5.75 Å². The highest BCUT2D eigenvalue weighted by atomic mass is 16.5. The van der Waals surface area contributed by atoms with Crippen molar-refractivity contribution < 1.29 is 14.3 Å². The van der Waals surface area contributed by atoms with E-state index in [9.17, 15) is 9.59 Å². The number of likely N-dealkylation sites (tertiary alicyclic amines) is 1. The average Bonchev–Trinajstić information content (AvgIpc) is 3.16. The summed E-state index contributed by atoms with van der Waals surface area (Å²) in [4.78, 5) is 25.9. The van der Waals surface area contributed by atoms with Crippen molar-refractivity contribution in [1.82, 2.24) is 10.2 Å². The lowest BCUT2D eigenvalue weighted by Gasteiger charge is -2.25. The van der Waals surface area contributed by atoms with Crippen LogP contribution in [0.2, 0.25) is 0 Å². The van der Waals surface area contributed by atoms with E-state index in [4.69, 9.17) is 4.74 Å². The van der Waals surface area contributed by atoms with Crippen molar-refractivity contribution >= 4 is 11.8 Å². The summed E-state index contributed by atoms with van der Waals surface area (Å²) in [5, 5.41) is 2.76. The Morgan fingerprint density at radius 2 is 1.81 bits per heavy atom. The summed E-state index contributed by atoms with van der Waals surface area (Å²) < 4.78 is 5.21. The van der Waals surface area contributed by atoms with Crippen molar-refractivity contribution in [3.63, 3.8) is 0 Å². The first-order chi connectivity index (χ1) is 12.6. The molecule has 5 nitrogen and oxygen atoms in total. The van der Waals surface area contributed by atoms with Gasteiger partial charge in [0, 0.05) is 25.6 Å². The highest BCUT2D eigenvalue weighted by molar-refractivity contribution is 5.94. The second kappa shape index (κ2) is 8.04. The van der Waals surface area contributed by atoms with Crippen LogP contribution in [-0.4, -0.2) is 30.4 Å². The molecule has 0 bridgehead atoms. The van der Waals surface area contributed by atoms with Crippen molar-refractivity contribution in [2.24, 2.45) is 0 Å². The predicted octanol–water partition coefficient (Wildman–Crippen LogP) is 3.31. The zero-order valence-corrected chi connectivity index (χ0v) is 15.2. The SMILES string of the molecule is COc1ccc(C2CCCN2C(=O)c2ccc(CNC(C)=O)cc2)cc1. The minimum atomic E-state index is -0.0652. The van der Waals surface area contributed by atoms with Crippen LogP contribution >= 0.6 is 0 Å². The predicted molar refractivity (Wildman–Crippen MR) is 100.0 cm³/mol. The largest absolute Gasteiger partial charge is 0.497 e. The lowest BCUT2D eigenvalue weighted by Crippen LogP contribution is -2.30. The molecule has 3 rings (SSSR count). The van der Waals surface area contributed by atoms with Gasteiger partial charge in [0.25, 0.3) is 5.91 Å². The van der Waals surface area contributed by atoms with Crippen LogP contribution in [0.3, 0.4) is 0 Å². The van der Waals surface area contributed by atoms with Gasteiger partial charge in [0.15, 0.2) is 0 Å². The maximum absolute atomic E-state index is 13.0. The van der Waals surface area contributed by atoms with Gasteiger partial charge in [0.05, 0.1) is 13.2 Å². The van der Waals surface area contributed by atoms with Gasteiger partial charge < -0.3 is 15.0 Å². The number of nitrogens with zero attached hydrogens (tertiary/aromatic N) is 1. The van der Waals surface area contributed by atoms with Gasteiger partial charge in [-0.05, 0) is 48.2 Å². The van der Waals surface area contributed by atoms with Crippen molar-refractivity contribution in [3.8, 4) is 5.75 Å². The zero-order valence-electron chi connectivity index (χ0n) is 15.2. The maximum Gasteiger partial charge on any atom is 0.254 e. The number of rotatable bonds is 5. The lowest BCUT2D eigenvalue weighted by atomic mass is 10.0. The third-order valence-electron chi connectivity index (χ3n) is 4.76. The standard InChI is InChI=1S/C21H24N2O3/c1-15(24)22-14-16-5-7-18(8-6-16)21(25)23-13-3-4-20(23)17-9-11-19(26-2)12-10-17/h5-12,20H,3-4,13-14H2,1-2H3,(H,22,24). The summed E-state index contributed by atoms with van der Waals surface area (Å²) in [6.45, 7) is 2.73. The molecule has 0 saturated carbocycles. The maximum atomic E-state index is 13.0. The molecule has 2 aromatic carbocycles. The Kier molecular flexibility index (Phi) is 5.56. The highest BCUT2D eigenvalue weighted by Crippen LogP contribution is 2.33. The molecule has 26 heavy (non-hydrogen) atoms. The molecule has 0 spiro atoms. The number of nitrogens with one attached hydrogen (secondary N) is 1. The summed E-state index contributed by atoms with van der Waals surface area (Å²) >= 11 is 0. The number of carbonyl (C=O) groups excluding carboxylic acids is 2. The van der Waals surface area contributed by atoms with Gasteiger partial charge in [-0.1, -0.05) is 24.3 Å². The number of ether oxygens (including phenoxy) is 1. The second-order valence-electron chi connectivity index (χ2n) is 6.54. The molecule has 1 saturated heterocycles. The van der Waals surface area contributed by atoms with Gasteiger partial charge in [-0.3, -0.25) is 9.59 Å². The van der Waals surface area contributed by atoms with E-state index in [1.807, 2.05) is 53.4 Å². The number of amides is 2. The topological polar surface area (TPSA) is 58.6 Å². The van der Waals surface area contributed by atoms with E-state index in [1.165, 1.54) is 6.92 Å². The number of benzene rings is 2. The monoisotopic (exact) mass is 352 g/mol. The minimum absolute atomic E-state index is 0.0504. The molecule has 2 aromatic rings. The normalized spacial score (nSPS) is 16.4. The molecule has 2 amide bonds. The van der Waals surface area contributed by atoms with E-state index in [1.54, 1.807) is 7.11 Å². The second-order valence-corrected chi connectivity index (χ2v) is 6.54. The average molecular weight is 352 g/mol. The summed E-state index contributed by atoms with van der Waals surface area (Å²) in [5.74, 6) is 0.804. The van der Waals surface area contributed by atoms with Crippen LogP contribution in [0, 0.1) is 0 Å². The molecule has 5 heteroatoms. The molecule has 136 valence electrons. The van der Waals surface area contributed by atoms with Gasteiger partial charge >= 0.3 is 0 Å². The first-order valence-corrected chi connectivity index (χ1v) is 8.87. The summed E-state index contributed by atoms with van der Waals surface area (Å²) in [5.41, 5.74) is 2.79. The summed E-state index contributed by atoms with van der Waals surface area (Å²) in [6.07, 6.45) is 1.97. The summed E-state index contributed by atoms with van der Waals surface area (Å²) in [6, 6.07) is 15.5. The highest BCUT2D eigenvalue weighted by Gasteiger charge is 2.30. The molecule has 1 aliphatic heterocycles. The van der Waals surface area contributed by atoms with Crippen molar-refractivity contribution in [1.29, 1.82) is 0 Å². The quantitative estimate of drug-likeness (QED) is 0.898. The van der Waals surface area contributed by atoms with Gasteiger partial charge in [-0.25, -0.2) is 0 Å². The smallest absolute Gasteiger partial charge is 0.254 e. The molecule has 1 fully saturated rings. The molecule has 0 aliphatic carbocycles. The number of methoxy groups -OCH3 is 1. The van der Waals surface area contributed by atoms with Gasteiger partial charge in [-0.2, -0.15) is 0 Å². The molecule has 1 heterocycles. The van der Waals surface area contributed by atoms with Crippen LogP contribution in [0.15, 0.2) is 48.5 Å². The van der Waals surface area contributed by atoms with E-state index in [2.05, 4.69) is 5.32 Å². The fourth-order valence-corrected chi connectivity index (χ4v) is 3.34. The molecule has 0 aromatic heterocycles. The molecule has 1 aliphatic rings. The third kappa shape index (κ3) is 4.04. The van der Waals surface area contributed by atoms with E-state index < -0.39 is 0 Å². The first-order valence-electron chi connectivity index (χ1n) is 8.87. The Hall–Kier alpha value is -2.82. The van der Waals surface area contributed by atoms with Gasteiger partial charge in [0.2, 0.25) is 5.91 Å². The van der Waals surface area contributed by atoms with Crippen molar-refractivity contribution in [2.45, 2.75) is 32.4 Å². The van der Waals surface area contributed by atoms with Gasteiger partial charge in [0.1, 0.15) is 5.75 Å². The first kappa shape index (κ1) is 18.0. The van der Waals surface area contributed by atoms with Crippen LogP contribution in [-0.2, 0) is 11.3 Å². The molecule has 1 unspecified atom stereocenters. The van der Waals surface area contributed by atoms with Crippen molar-refractivity contribution in [2.75, 3.05) is 13.7 Å². The molecular weight excluding hydrogens is 328 g/mol. The molecule has 0 radical (unpaired) electrons. The Morgan fingerprint density at radius 1 is 1.12 bits per heavy atom. The van der Waals surface area contributed by atoms with E-state index in [0.29, 0.717) is 12.1 Å². The van der Waals surface area contributed by atoms with Crippen LogP contribution in [0.4, 0.5) is 0 Å². The Balaban J connectivity index is 1.72. The van der Waals surface area contributed by atoms with Gasteiger partial charge in [-0.15, -0.1) is 0 Å². The fourth-order valence-electron chi connectivity index (χ4n) is 3.34. The Labute approximate surface area is 154 Å². The van der Waals surface area contributed by atoms with E-state index in [0.717, 1.165) is 36.3 Å². The van der Waals surface area contributed by atoms with E-state index in [-0.39, 0.29) is 17.9 Å². The molecule has 1 N–H and O–H groups in total. The molecular formula is C21H24N2O3. The van der Waals surface area contributed by atoms with Crippen LogP contribution in [0.1, 0.15) is 47.3 Å². The minimum Gasteiger partial charge on any atom is -0.497 e. The van der Waals surface area contributed by atoms with E-state index >= 15 is 0 Å². The number of hydrogen-bond donors (Lipinski definition) is 1. The number of hydrogen-bond acceptors (Lipinski definition) is 3. The lowest BCUT2D eigenvalue weighted by molar-refractivity contribution is -0.119. The number of carbonyl (C=O) groups is 2.